The van der Waals surface area contributed by atoms with Crippen LogP contribution in [0.2, 0.25) is 0 Å². The molecular weight excluding hydrogens is 238 g/mol. The van der Waals surface area contributed by atoms with E-state index in [4.69, 9.17) is 11.5 Å². The van der Waals surface area contributed by atoms with Crippen LogP contribution < -0.4 is 11.5 Å². The molecule has 1 aromatic rings. The molecule has 1 fully saturated rings. The molecule has 1 aliphatic heterocycles. The van der Waals surface area contributed by atoms with E-state index in [0.29, 0.717) is 19.5 Å². The van der Waals surface area contributed by atoms with E-state index in [9.17, 15) is 14.4 Å². The van der Waals surface area contributed by atoms with Crippen LogP contribution in [0.3, 0.4) is 0 Å². The summed E-state index contributed by atoms with van der Waals surface area (Å²) >= 11 is 0. The minimum atomic E-state index is -0.707. The molecular formula is C10H13N5O3. The first-order chi connectivity index (χ1) is 8.49. The Labute approximate surface area is 102 Å². The second-order valence-corrected chi connectivity index (χ2v) is 4.17. The van der Waals surface area contributed by atoms with E-state index in [1.165, 1.54) is 11.0 Å². The van der Waals surface area contributed by atoms with Gasteiger partial charge in [-0.1, -0.05) is 0 Å². The maximum Gasteiger partial charge on any atom is 0.271 e. The SMILES string of the molecule is NC(=O)c1cc(C(=O)N2CCC(C(N)=O)C2)[nH]n1. The summed E-state index contributed by atoms with van der Waals surface area (Å²) in [5, 5.41) is 6.07. The van der Waals surface area contributed by atoms with Crippen molar-refractivity contribution in [2.75, 3.05) is 13.1 Å². The predicted molar refractivity (Wildman–Crippen MR) is 60.3 cm³/mol. The Hall–Kier alpha value is -2.38. The Kier molecular flexibility index (Phi) is 3.00. The van der Waals surface area contributed by atoms with Crippen LogP contribution in [0.1, 0.15) is 27.4 Å². The van der Waals surface area contributed by atoms with Crippen molar-refractivity contribution in [3.8, 4) is 0 Å². The minimum absolute atomic E-state index is 0.00370. The maximum absolute atomic E-state index is 12.0. The van der Waals surface area contributed by atoms with Crippen LogP contribution in [-0.2, 0) is 4.79 Å². The van der Waals surface area contributed by atoms with Crippen molar-refractivity contribution in [1.29, 1.82) is 0 Å². The molecule has 8 nitrogen and oxygen atoms in total. The molecule has 2 rings (SSSR count). The van der Waals surface area contributed by atoms with Gasteiger partial charge in [-0.05, 0) is 6.42 Å². The lowest BCUT2D eigenvalue weighted by Crippen LogP contribution is -2.31. The highest BCUT2D eigenvalue weighted by Gasteiger charge is 2.31. The molecule has 0 bridgehead atoms. The lowest BCUT2D eigenvalue weighted by Gasteiger charge is -2.14. The highest BCUT2D eigenvalue weighted by Crippen LogP contribution is 2.17. The second-order valence-electron chi connectivity index (χ2n) is 4.17. The van der Waals surface area contributed by atoms with Crippen molar-refractivity contribution >= 4 is 17.7 Å². The summed E-state index contributed by atoms with van der Waals surface area (Å²) in [5.74, 6) is -1.75. The fourth-order valence-electron chi connectivity index (χ4n) is 1.90. The third-order valence-corrected chi connectivity index (χ3v) is 2.94. The Morgan fingerprint density at radius 3 is 2.61 bits per heavy atom. The molecule has 0 aliphatic carbocycles. The highest BCUT2D eigenvalue weighted by molar-refractivity contribution is 5.97. The first-order valence-corrected chi connectivity index (χ1v) is 5.43. The predicted octanol–water partition coefficient (Wildman–Crippen LogP) is -1.54. The first kappa shape index (κ1) is 12.1. The number of carbonyl (C=O) groups excluding carboxylic acids is 3. The standard InChI is InChI=1S/C10H13N5O3/c11-8(16)5-1-2-15(4-5)10(18)7-3-6(9(12)17)13-14-7/h3,5H,1-2,4H2,(H2,11,16)(H2,12,17)(H,13,14). The van der Waals surface area contributed by atoms with Crippen molar-refractivity contribution in [1.82, 2.24) is 15.1 Å². The van der Waals surface area contributed by atoms with Gasteiger partial charge in [0.05, 0.1) is 5.92 Å². The molecule has 5 N–H and O–H groups in total. The lowest BCUT2D eigenvalue weighted by atomic mass is 10.1. The fourth-order valence-corrected chi connectivity index (χ4v) is 1.90. The number of aromatic amines is 1. The normalized spacial score (nSPS) is 18.9. The van der Waals surface area contributed by atoms with Gasteiger partial charge in [-0.2, -0.15) is 5.10 Å². The first-order valence-electron chi connectivity index (χ1n) is 5.43. The summed E-state index contributed by atoms with van der Waals surface area (Å²) < 4.78 is 0. The lowest BCUT2D eigenvalue weighted by molar-refractivity contribution is -0.121. The van der Waals surface area contributed by atoms with Gasteiger partial charge in [0.15, 0.2) is 5.69 Å². The number of rotatable bonds is 3. The van der Waals surface area contributed by atoms with E-state index in [2.05, 4.69) is 10.2 Å². The van der Waals surface area contributed by atoms with E-state index in [1.807, 2.05) is 0 Å². The molecule has 1 saturated heterocycles. The molecule has 2 heterocycles. The molecule has 3 amide bonds. The molecule has 1 unspecified atom stereocenters. The van der Waals surface area contributed by atoms with Gasteiger partial charge in [0.1, 0.15) is 5.69 Å². The van der Waals surface area contributed by atoms with Gasteiger partial charge in [0.25, 0.3) is 11.8 Å². The van der Waals surface area contributed by atoms with E-state index < -0.39 is 11.8 Å². The van der Waals surface area contributed by atoms with E-state index in [1.54, 1.807) is 0 Å². The summed E-state index contributed by atoms with van der Waals surface area (Å²) in [4.78, 5) is 35.4. The van der Waals surface area contributed by atoms with Crippen molar-refractivity contribution in [3.63, 3.8) is 0 Å². The Balaban J connectivity index is 2.08. The van der Waals surface area contributed by atoms with Gasteiger partial charge in [-0.25, -0.2) is 0 Å². The summed E-state index contributed by atoms with van der Waals surface area (Å²) in [6, 6.07) is 1.29. The molecule has 0 saturated carbocycles. The van der Waals surface area contributed by atoms with Gasteiger partial charge < -0.3 is 16.4 Å². The van der Waals surface area contributed by atoms with Crippen LogP contribution in [0.15, 0.2) is 6.07 Å². The zero-order chi connectivity index (χ0) is 13.3. The second kappa shape index (κ2) is 4.47. The number of primary amides is 2. The third-order valence-electron chi connectivity index (χ3n) is 2.94. The van der Waals surface area contributed by atoms with E-state index in [0.717, 1.165) is 0 Å². The van der Waals surface area contributed by atoms with Crippen LogP contribution in [-0.4, -0.2) is 45.9 Å². The number of carbonyl (C=O) groups is 3. The van der Waals surface area contributed by atoms with Crippen LogP contribution in [0, 0.1) is 5.92 Å². The molecule has 1 aromatic heterocycles. The average Bonchev–Trinajstić information content (AvgIpc) is 2.97. The number of amides is 3. The third kappa shape index (κ3) is 2.17. The topological polar surface area (TPSA) is 135 Å². The number of H-pyrrole nitrogens is 1. The van der Waals surface area contributed by atoms with Gasteiger partial charge in [-0.15, -0.1) is 0 Å². The van der Waals surface area contributed by atoms with Gasteiger partial charge >= 0.3 is 0 Å². The summed E-state index contributed by atoms with van der Waals surface area (Å²) in [6.45, 7) is 0.746. The molecule has 0 radical (unpaired) electrons. The van der Waals surface area contributed by atoms with Crippen LogP contribution >= 0.6 is 0 Å². The van der Waals surface area contributed by atoms with Crippen LogP contribution in [0.25, 0.3) is 0 Å². The molecule has 0 aromatic carbocycles. The van der Waals surface area contributed by atoms with Gasteiger partial charge in [0, 0.05) is 19.2 Å². The fraction of sp³-hybridized carbons (Fsp3) is 0.400. The van der Waals surface area contributed by atoms with Crippen LogP contribution in [0.5, 0.6) is 0 Å². The van der Waals surface area contributed by atoms with E-state index in [-0.39, 0.29) is 23.2 Å². The van der Waals surface area contributed by atoms with Gasteiger partial charge in [0.2, 0.25) is 5.91 Å². The minimum Gasteiger partial charge on any atom is -0.369 e. The summed E-state index contributed by atoms with van der Waals surface area (Å²) in [6.07, 6.45) is 0.553. The molecule has 1 aliphatic rings. The van der Waals surface area contributed by atoms with Gasteiger partial charge in [-0.3, -0.25) is 19.5 Å². The number of hydrogen-bond donors (Lipinski definition) is 3. The molecule has 1 atom stereocenters. The zero-order valence-electron chi connectivity index (χ0n) is 9.55. The maximum atomic E-state index is 12.0. The molecule has 8 heteroatoms. The van der Waals surface area contributed by atoms with E-state index >= 15 is 0 Å². The monoisotopic (exact) mass is 251 g/mol. The number of aromatic nitrogens is 2. The molecule has 96 valence electrons. The zero-order valence-corrected chi connectivity index (χ0v) is 9.55. The number of hydrogen-bond acceptors (Lipinski definition) is 4. The number of nitrogens with two attached hydrogens (primary N) is 2. The van der Waals surface area contributed by atoms with Crippen molar-refractivity contribution < 1.29 is 14.4 Å². The van der Waals surface area contributed by atoms with Crippen molar-refractivity contribution in [2.45, 2.75) is 6.42 Å². The van der Waals surface area contributed by atoms with Crippen molar-refractivity contribution in [3.05, 3.63) is 17.5 Å². The summed E-state index contributed by atoms with van der Waals surface area (Å²) in [7, 11) is 0. The Morgan fingerprint density at radius 1 is 1.39 bits per heavy atom. The average molecular weight is 251 g/mol. The highest BCUT2D eigenvalue weighted by atomic mass is 16.2. The van der Waals surface area contributed by atoms with Crippen molar-refractivity contribution in [2.24, 2.45) is 17.4 Å². The smallest absolute Gasteiger partial charge is 0.271 e. The summed E-state index contributed by atoms with van der Waals surface area (Å²) in [5.41, 5.74) is 10.4. The van der Waals surface area contributed by atoms with Crippen LogP contribution in [0.4, 0.5) is 0 Å². The molecule has 18 heavy (non-hydrogen) atoms. The Morgan fingerprint density at radius 2 is 2.11 bits per heavy atom. The Bertz CT molecular complexity index is 509. The number of nitrogens with one attached hydrogen (secondary N) is 1. The molecule has 0 spiro atoms. The largest absolute Gasteiger partial charge is 0.369 e. The number of likely N-dealkylation sites (tertiary alicyclic amines) is 1. The number of nitrogens with zero attached hydrogens (tertiary/aromatic N) is 2. The quantitative estimate of drug-likeness (QED) is 0.599.